The topological polar surface area (TPSA) is 76.8 Å². The second-order valence-electron chi connectivity index (χ2n) is 7.03. The van der Waals surface area contributed by atoms with Crippen LogP contribution in [-0.4, -0.2) is 43.4 Å². The highest BCUT2D eigenvalue weighted by Crippen LogP contribution is 2.22. The van der Waals surface area contributed by atoms with Crippen LogP contribution in [0.4, 0.5) is 0 Å². The third-order valence-electron chi connectivity index (χ3n) is 4.79. The molecule has 1 aromatic carbocycles. The minimum atomic E-state index is -3.08. The van der Waals surface area contributed by atoms with E-state index in [2.05, 4.69) is 0 Å². The van der Waals surface area contributed by atoms with Gasteiger partial charge in [-0.05, 0) is 49.6 Å². The quantitative estimate of drug-likeness (QED) is 0.725. The molecule has 0 saturated carbocycles. The van der Waals surface area contributed by atoms with Crippen LogP contribution in [0.3, 0.4) is 0 Å². The molecule has 1 fully saturated rings. The second kappa shape index (κ2) is 8.17. The van der Waals surface area contributed by atoms with Crippen LogP contribution in [0.1, 0.15) is 29.7 Å². The zero-order chi connectivity index (χ0) is 19.4. The number of hydrogen-bond acceptors (Lipinski definition) is 5. The highest BCUT2D eigenvalue weighted by atomic mass is 32.2. The number of carbonyl (C=O) groups is 1. The van der Waals surface area contributed by atoms with Gasteiger partial charge in [-0.1, -0.05) is 12.1 Å². The zero-order valence-corrected chi connectivity index (χ0v) is 16.5. The Morgan fingerprint density at radius 2 is 2.11 bits per heavy atom. The molecule has 1 amide bonds. The molecular formula is C20H25NO5S. The van der Waals surface area contributed by atoms with E-state index in [0.717, 1.165) is 16.9 Å². The van der Waals surface area contributed by atoms with Crippen molar-refractivity contribution in [3.63, 3.8) is 0 Å². The van der Waals surface area contributed by atoms with E-state index in [1.54, 1.807) is 23.3 Å². The molecule has 2 aromatic rings. The summed E-state index contributed by atoms with van der Waals surface area (Å²) < 4.78 is 34.8. The van der Waals surface area contributed by atoms with E-state index in [1.807, 2.05) is 32.0 Å². The number of sulfone groups is 1. The Morgan fingerprint density at radius 1 is 1.30 bits per heavy atom. The lowest BCUT2D eigenvalue weighted by Crippen LogP contribution is -2.41. The number of amides is 1. The highest BCUT2D eigenvalue weighted by molar-refractivity contribution is 7.91. The Labute approximate surface area is 160 Å². The molecule has 146 valence electrons. The van der Waals surface area contributed by atoms with Crippen LogP contribution >= 0.6 is 0 Å². The molecule has 1 saturated heterocycles. The van der Waals surface area contributed by atoms with Gasteiger partial charge in [0.1, 0.15) is 11.5 Å². The van der Waals surface area contributed by atoms with E-state index in [0.29, 0.717) is 12.2 Å². The molecule has 0 radical (unpaired) electrons. The van der Waals surface area contributed by atoms with Crippen LogP contribution in [-0.2, 0) is 21.2 Å². The minimum absolute atomic E-state index is 0.0112. The molecule has 1 aromatic heterocycles. The Kier molecular flexibility index (Phi) is 5.89. The summed E-state index contributed by atoms with van der Waals surface area (Å²) in [5.41, 5.74) is 2.11. The lowest BCUT2D eigenvalue weighted by atomic mass is 10.1. The minimum Gasteiger partial charge on any atom is -0.493 e. The van der Waals surface area contributed by atoms with Crippen molar-refractivity contribution < 1.29 is 22.4 Å². The van der Waals surface area contributed by atoms with Gasteiger partial charge in [0.25, 0.3) is 0 Å². The van der Waals surface area contributed by atoms with Crippen molar-refractivity contribution in [2.75, 3.05) is 18.1 Å². The van der Waals surface area contributed by atoms with Gasteiger partial charge >= 0.3 is 0 Å². The van der Waals surface area contributed by atoms with Gasteiger partial charge in [0, 0.05) is 6.04 Å². The zero-order valence-electron chi connectivity index (χ0n) is 15.7. The van der Waals surface area contributed by atoms with Gasteiger partial charge in [0.2, 0.25) is 5.91 Å². The van der Waals surface area contributed by atoms with E-state index < -0.39 is 9.84 Å². The van der Waals surface area contributed by atoms with E-state index in [9.17, 15) is 13.2 Å². The Hall–Kier alpha value is -2.28. The molecule has 1 aliphatic heterocycles. The fourth-order valence-electron chi connectivity index (χ4n) is 3.27. The van der Waals surface area contributed by atoms with Crippen LogP contribution < -0.4 is 4.74 Å². The van der Waals surface area contributed by atoms with E-state index in [-0.39, 0.29) is 43.0 Å². The number of nitrogens with zero attached hydrogens (tertiary/aromatic N) is 1. The van der Waals surface area contributed by atoms with Crippen molar-refractivity contribution >= 4 is 15.7 Å². The normalized spacial score (nSPS) is 18.4. The number of hydrogen-bond donors (Lipinski definition) is 0. The number of rotatable bonds is 7. The lowest BCUT2D eigenvalue weighted by Gasteiger charge is -2.27. The van der Waals surface area contributed by atoms with Crippen molar-refractivity contribution in [1.29, 1.82) is 0 Å². The summed E-state index contributed by atoms with van der Waals surface area (Å²) in [6.07, 6.45) is 2.20. The third-order valence-corrected chi connectivity index (χ3v) is 6.54. The molecule has 3 rings (SSSR count). The lowest BCUT2D eigenvalue weighted by molar-refractivity contribution is -0.134. The van der Waals surface area contributed by atoms with E-state index in [4.69, 9.17) is 9.15 Å². The number of furan rings is 1. The van der Waals surface area contributed by atoms with Gasteiger partial charge in [-0.25, -0.2) is 8.42 Å². The van der Waals surface area contributed by atoms with Gasteiger partial charge in [0.05, 0.1) is 37.3 Å². The van der Waals surface area contributed by atoms with Crippen LogP contribution in [0.15, 0.2) is 41.0 Å². The predicted octanol–water partition coefficient (Wildman–Crippen LogP) is 2.88. The Bertz CT molecular complexity index is 889. The van der Waals surface area contributed by atoms with Crippen LogP contribution in [0.2, 0.25) is 0 Å². The fourth-order valence-corrected chi connectivity index (χ4v) is 5.00. The summed E-state index contributed by atoms with van der Waals surface area (Å²) in [6, 6.07) is 9.18. The average molecular weight is 391 g/mol. The van der Waals surface area contributed by atoms with Gasteiger partial charge in [-0.15, -0.1) is 0 Å². The number of aryl methyl sites for hydroxylation is 2. The van der Waals surface area contributed by atoms with Crippen molar-refractivity contribution in [3.8, 4) is 5.75 Å². The number of ether oxygens (including phenoxy) is 1. The molecule has 1 atom stereocenters. The summed E-state index contributed by atoms with van der Waals surface area (Å²) in [5.74, 6) is 1.42. The number of benzene rings is 1. The van der Waals surface area contributed by atoms with Crippen molar-refractivity contribution in [2.45, 2.75) is 39.3 Å². The molecule has 0 unspecified atom stereocenters. The summed E-state index contributed by atoms with van der Waals surface area (Å²) in [5, 5.41) is 0. The van der Waals surface area contributed by atoms with Crippen molar-refractivity contribution in [2.24, 2.45) is 0 Å². The number of carbonyl (C=O) groups excluding carboxylic acids is 1. The van der Waals surface area contributed by atoms with Gasteiger partial charge < -0.3 is 14.1 Å². The molecule has 0 spiro atoms. The van der Waals surface area contributed by atoms with Gasteiger partial charge in [0.15, 0.2) is 9.84 Å². The van der Waals surface area contributed by atoms with E-state index >= 15 is 0 Å². The summed E-state index contributed by atoms with van der Waals surface area (Å²) >= 11 is 0. The highest BCUT2D eigenvalue weighted by Gasteiger charge is 2.34. The maximum atomic E-state index is 12.8. The van der Waals surface area contributed by atoms with Crippen LogP contribution in [0.25, 0.3) is 0 Å². The Morgan fingerprint density at radius 3 is 2.78 bits per heavy atom. The van der Waals surface area contributed by atoms with Gasteiger partial charge in [-0.3, -0.25) is 4.79 Å². The van der Waals surface area contributed by atoms with Crippen LogP contribution in [0.5, 0.6) is 5.75 Å². The fraction of sp³-hybridized carbons (Fsp3) is 0.450. The third kappa shape index (κ3) is 5.13. The summed E-state index contributed by atoms with van der Waals surface area (Å²) in [7, 11) is -3.08. The monoisotopic (exact) mass is 391 g/mol. The molecule has 6 nitrogen and oxygen atoms in total. The second-order valence-corrected chi connectivity index (χ2v) is 9.25. The Balaban J connectivity index is 1.64. The van der Waals surface area contributed by atoms with Crippen LogP contribution in [0, 0.1) is 13.8 Å². The average Bonchev–Trinajstić information content (AvgIpc) is 3.24. The molecular weight excluding hydrogens is 366 g/mol. The summed E-state index contributed by atoms with van der Waals surface area (Å²) in [4.78, 5) is 14.4. The molecule has 1 aliphatic rings. The van der Waals surface area contributed by atoms with E-state index in [1.165, 1.54) is 0 Å². The standard InChI is InChI=1S/C20H25NO5S/c1-15-5-6-16(2)19(12-15)26-10-7-20(22)21(13-18-4-3-9-25-18)17-8-11-27(23,24)14-17/h3-6,9,12,17H,7-8,10-11,13-14H2,1-2H3/t17-/m1/s1. The SMILES string of the molecule is Cc1ccc(C)c(OCCC(=O)N(Cc2ccco2)[C@@H]2CCS(=O)(=O)C2)c1. The first-order chi connectivity index (χ1) is 12.8. The van der Waals surface area contributed by atoms with Crippen molar-refractivity contribution in [3.05, 3.63) is 53.5 Å². The predicted molar refractivity (Wildman–Crippen MR) is 102 cm³/mol. The largest absolute Gasteiger partial charge is 0.493 e. The maximum absolute atomic E-state index is 12.8. The molecule has 7 heteroatoms. The van der Waals surface area contributed by atoms with Gasteiger partial charge in [-0.2, -0.15) is 0 Å². The first kappa shape index (κ1) is 19.5. The first-order valence-corrected chi connectivity index (χ1v) is 10.9. The molecule has 0 aliphatic carbocycles. The van der Waals surface area contributed by atoms with Crippen molar-refractivity contribution in [1.82, 2.24) is 4.90 Å². The summed E-state index contributed by atoms with van der Waals surface area (Å²) in [6.45, 7) is 4.47. The molecule has 27 heavy (non-hydrogen) atoms. The molecule has 0 N–H and O–H groups in total. The molecule has 0 bridgehead atoms. The molecule has 2 heterocycles. The maximum Gasteiger partial charge on any atom is 0.226 e. The first-order valence-electron chi connectivity index (χ1n) is 9.06. The smallest absolute Gasteiger partial charge is 0.226 e.